The van der Waals surface area contributed by atoms with Gasteiger partial charge in [-0.1, -0.05) is 23.7 Å². The number of amides is 1. The van der Waals surface area contributed by atoms with Gasteiger partial charge in [-0.05, 0) is 55.2 Å². The normalized spacial score (nSPS) is 10.9. The van der Waals surface area contributed by atoms with Crippen LogP contribution in [0, 0.1) is 13.8 Å². The maximum atomic E-state index is 12.3. The summed E-state index contributed by atoms with van der Waals surface area (Å²) in [5.74, 6) is -0.0971. The van der Waals surface area contributed by atoms with Gasteiger partial charge in [-0.3, -0.25) is 4.79 Å². The summed E-state index contributed by atoms with van der Waals surface area (Å²) in [6, 6.07) is 9.74. The molecule has 0 aliphatic carbocycles. The lowest BCUT2D eigenvalue weighted by molar-refractivity contribution is 0.0950. The van der Waals surface area contributed by atoms with Crippen LogP contribution in [0.3, 0.4) is 0 Å². The molecule has 1 aromatic carbocycles. The number of hydrogen-bond acceptors (Lipinski definition) is 2. The first-order valence-corrected chi connectivity index (χ1v) is 7.89. The minimum absolute atomic E-state index is 0.0971. The summed E-state index contributed by atoms with van der Waals surface area (Å²) in [5, 5.41) is 4.49. The summed E-state index contributed by atoms with van der Waals surface area (Å²) in [6.45, 7) is 4.65. The Morgan fingerprint density at radius 2 is 2.09 bits per heavy atom. The number of aromatic nitrogens is 2. The van der Waals surface area contributed by atoms with Crippen LogP contribution in [0.15, 0.2) is 36.5 Å². The fraction of sp³-hybridized carbons (Fsp3) is 0.222. The van der Waals surface area contributed by atoms with E-state index in [1.807, 2.05) is 19.1 Å². The van der Waals surface area contributed by atoms with E-state index >= 15 is 0 Å². The standard InChI is InChI=1S/C18H18ClN3O/c1-11-7-12(2)14-9-16(22-15(14)8-11)18(23)20-6-5-13-3-4-17(19)21-10-13/h3-4,7-10,22H,5-6H2,1-2H3,(H,20,23). The number of hydrogen-bond donors (Lipinski definition) is 2. The number of H-pyrrole nitrogens is 1. The van der Waals surface area contributed by atoms with E-state index < -0.39 is 0 Å². The zero-order valence-electron chi connectivity index (χ0n) is 13.1. The molecule has 5 heteroatoms. The van der Waals surface area contributed by atoms with Crippen molar-refractivity contribution in [1.29, 1.82) is 0 Å². The van der Waals surface area contributed by atoms with Crippen molar-refractivity contribution in [3.8, 4) is 0 Å². The lowest BCUT2D eigenvalue weighted by Crippen LogP contribution is -2.25. The topological polar surface area (TPSA) is 57.8 Å². The molecule has 0 atom stereocenters. The third-order valence-electron chi connectivity index (χ3n) is 3.82. The number of aromatic amines is 1. The summed E-state index contributed by atoms with van der Waals surface area (Å²) in [4.78, 5) is 19.5. The average molecular weight is 328 g/mol. The van der Waals surface area contributed by atoms with Gasteiger partial charge in [0.15, 0.2) is 0 Å². The first kappa shape index (κ1) is 15.6. The van der Waals surface area contributed by atoms with Crippen molar-refractivity contribution in [2.45, 2.75) is 20.3 Å². The van der Waals surface area contributed by atoms with Gasteiger partial charge in [-0.25, -0.2) is 4.98 Å². The first-order chi connectivity index (χ1) is 11.0. The van der Waals surface area contributed by atoms with E-state index in [1.165, 1.54) is 11.1 Å². The van der Waals surface area contributed by atoms with Crippen molar-refractivity contribution in [3.63, 3.8) is 0 Å². The lowest BCUT2D eigenvalue weighted by Gasteiger charge is -2.03. The Kier molecular flexibility index (Phi) is 4.35. The van der Waals surface area contributed by atoms with Crippen molar-refractivity contribution in [3.05, 3.63) is 64.1 Å². The van der Waals surface area contributed by atoms with E-state index in [4.69, 9.17) is 11.6 Å². The third kappa shape index (κ3) is 3.54. The fourth-order valence-electron chi connectivity index (χ4n) is 2.69. The van der Waals surface area contributed by atoms with E-state index in [-0.39, 0.29) is 5.91 Å². The molecule has 0 bridgehead atoms. The summed E-state index contributed by atoms with van der Waals surface area (Å²) < 4.78 is 0. The number of aryl methyl sites for hydroxylation is 2. The highest BCUT2D eigenvalue weighted by molar-refractivity contribution is 6.29. The fourth-order valence-corrected chi connectivity index (χ4v) is 2.80. The van der Waals surface area contributed by atoms with E-state index in [1.54, 1.807) is 12.3 Å². The molecular weight excluding hydrogens is 310 g/mol. The molecule has 2 N–H and O–H groups in total. The van der Waals surface area contributed by atoms with E-state index in [0.717, 1.165) is 16.5 Å². The molecule has 3 aromatic rings. The average Bonchev–Trinajstić information content (AvgIpc) is 2.93. The zero-order chi connectivity index (χ0) is 16.4. The van der Waals surface area contributed by atoms with Gasteiger partial charge in [0.25, 0.3) is 5.91 Å². The number of rotatable bonds is 4. The van der Waals surface area contributed by atoms with Crippen molar-refractivity contribution >= 4 is 28.4 Å². The number of carbonyl (C=O) groups excluding carboxylic acids is 1. The molecule has 3 rings (SSSR count). The van der Waals surface area contributed by atoms with Gasteiger partial charge >= 0.3 is 0 Å². The Bertz CT molecular complexity index is 853. The second-order valence-electron chi connectivity index (χ2n) is 5.72. The van der Waals surface area contributed by atoms with Gasteiger partial charge in [0.05, 0.1) is 0 Å². The van der Waals surface area contributed by atoms with Crippen LogP contribution in [0.1, 0.15) is 27.2 Å². The number of benzene rings is 1. The largest absolute Gasteiger partial charge is 0.351 e. The number of nitrogens with zero attached hydrogens (tertiary/aromatic N) is 1. The maximum absolute atomic E-state index is 12.3. The summed E-state index contributed by atoms with van der Waals surface area (Å²) in [5.41, 5.74) is 4.97. The van der Waals surface area contributed by atoms with E-state index in [0.29, 0.717) is 23.8 Å². The minimum Gasteiger partial charge on any atom is -0.351 e. The maximum Gasteiger partial charge on any atom is 0.267 e. The zero-order valence-corrected chi connectivity index (χ0v) is 13.9. The number of fused-ring (bicyclic) bond motifs is 1. The Hall–Kier alpha value is -2.33. The molecule has 118 valence electrons. The van der Waals surface area contributed by atoms with Gasteiger partial charge < -0.3 is 10.3 Å². The highest BCUT2D eigenvalue weighted by Crippen LogP contribution is 2.21. The second-order valence-corrected chi connectivity index (χ2v) is 6.11. The van der Waals surface area contributed by atoms with Gasteiger partial charge in [-0.15, -0.1) is 0 Å². The first-order valence-electron chi connectivity index (χ1n) is 7.51. The lowest BCUT2D eigenvalue weighted by atomic mass is 10.1. The molecule has 0 saturated heterocycles. The second kappa shape index (κ2) is 6.42. The van der Waals surface area contributed by atoms with E-state index in [2.05, 4.69) is 34.3 Å². The van der Waals surface area contributed by atoms with E-state index in [9.17, 15) is 4.79 Å². The Morgan fingerprint density at radius 1 is 1.26 bits per heavy atom. The molecule has 23 heavy (non-hydrogen) atoms. The van der Waals surface area contributed by atoms with Gasteiger partial charge in [0, 0.05) is 23.6 Å². The molecule has 0 spiro atoms. The molecule has 0 saturated carbocycles. The Morgan fingerprint density at radius 3 is 2.83 bits per heavy atom. The SMILES string of the molecule is Cc1cc(C)c2cc(C(=O)NCCc3ccc(Cl)nc3)[nH]c2c1. The van der Waals surface area contributed by atoms with Crippen molar-refractivity contribution in [2.24, 2.45) is 0 Å². The number of nitrogens with one attached hydrogen (secondary N) is 2. The van der Waals surface area contributed by atoms with Crippen molar-refractivity contribution < 1.29 is 4.79 Å². The molecule has 0 fully saturated rings. The van der Waals surface area contributed by atoms with Gasteiger partial charge in [-0.2, -0.15) is 0 Å². The summed E-state index contributed by atoms with van der Waals surface area (Å²) in [6.07, 6.45) is 2.44. The number of halogens is 1. The van der Waals surface area contributed by atoms with Crippen LogP contribution >= 0.6 is 11.6 Å². The van der Waals surface area contributed by atoms with Crippen LogP contribution in [0.5, 0.6) is 0 Å². The van der Waals surface area contributed by atoms with Crippen molar-refractivity contribution in [1.82, 2.24) is 15.3 Å². The Labute approximate surface area is 139 Å². The number of carbonyl (C=O) groups is 1. The van der Waals surface area contributed by atoms with Crippen LogP contribution in [0.4, 0.5) is 0 Å². The van der Waals surface area contributed by atoms with Crippen LogP contribution in [-0.2, 0) is 6.42 Å². The van der Waals surface area contributed by atoms with Gasteiger partial charge in [0.2, 0.25) is 0 Å². The van der Waals surface area contributed by atoms with Crippen LogP contribution in [0.2, 0.25) is 5.15 Å². The smallest absolute Gasteiger partial charge is 0.267 e. The molecule has 1 amide bonds. The molecule has 2 aromatic heterocycles. The molecule has 2 heterocycles. The molecule has 0 aliphatic heterocycles. The van der Waals surface area contributed by atoms with Crippen molar-refractivity contribution in [2.75, 3.05) is 6.54 Å². The molecular formula is C18H18ClN3O. The van der Waals surface area contributed by atoms with Crippen LogP contribution in [-0.4, -0.2) is 22.4 Å². The van der Waals surface area contributed by atoms with Crippen LogP contribution in [0.25, 0.3) is 10.9 Å². The molecule has 0 radical (unpaired) electrons. The molecule has 4 nitrogen and oxygen atoms in total. The molecule has 0 aliphatic rings. The highest BCUT2D eigenvalue weighted by atomic mass is 35.5. The van der Waals surface area contributed by atoms with Gasteiger partial charge in [0.1, 0.15) is 10.8 Å². The highest BCUT2D eigenvalue weighted by Gasteiger charge is 2.10. The Balaban J connectivity index is 1.66. The molecule has 0 unspecified atom stereocenters. The summed E-state index contributed by atoms with van der Waals surface area (Å²) >= 11 is 5.75. The van der Waals surface area contributed by atoms with Crippen LogP contribution < -0.4 is 5.32 Å². The summed E-state index contributed by atoms with van der Waals surface area (Å²) in [7, 11) is 0. The third-order valence-corrected chi connectivity index (χ3v) is 4.05. The quantitative estimate of drug-likeness (QED) is 0.716. The predicted molar refractivity (Wildman–Crippen MR) is 93.1 cm³/mol. The minimum atomic E-state index is -0.0971. The predicted octanol–water partition coefficient (Wildman–Crippen LogP) is 3.81. The monoisotopic (exact) mass is 327 g/mol. The number of pyridine rings is 1.